The van der Waals surface area contributed by atoms with Gasteiger partial charge in [0.2, 0.25) is 0 Å². The molecular weight excluding hydrogens is 380 g/mol. The lowest BCUT2D eigenvalue weighted by Crippen LogP contribution is -2.25. The molecule has 2 rings (SSSR count). The van der Waals surface area contributed by atoms with Gasteiger partial charge in [0.25, 0.3) is 0 Å². The van der Waals surface area contributed by atoms with Crippen molar-refractivity contribution >= 4 is 22.6 Å². The van der Waals surface area contributed by atoms with Crippen LogP contribution in [0.25, 0.3) is 0 Å². The number of benzene rings is 1. The van der Waals surface area contributed by atoms with Gasteiger partial charge >= 0.3 is 0 Å². The number of aromatic nitrogens is 2. The van der Waals surface area contributed by atoms with Gasteiger partial charge in [0.1, 0.15) is 5.82 Å². The summed E-state index contributed by atoms with van der Waals surface area (Å²) in [6.07, 6.45) is 0.851. The monoisotopic (exact) mass is 401 g/mol. The molecule has 1 unspecified atom stereocenters. The van der Waals surface area contributed by atoms with Gasteiger partial charge in [-0.1, -0.05) is 13.0 Å². The van der Waals surface area contributed by atoms with Gasteiger partial charge in [-0.25, -0.2) is 4.39 Å². The van der Waals surface area contributed by atoms with Gasteiger partial charge < -0.3 is 5.32 Å². The van der Waals surface area contributed by atoms with Crippen LogP contribution in [0.1, 0.15) is 36.8 Å². The largest absolute Gasteiger partial charge is 0.310 e. The third kappa shape index (κ3) is 4.03. The maximum absolute atomic E-state index is 13.3. The summed E-state index contributed by atoms with van der Waals surface area (Å²) in [6, 6.07) is 7.30. The Morgan fingerprint density at radius 1 is 1.33 bits per heavy atom. The van der Waals surface area contributed by atoms with Crippen molar-refractivity contribution < 1.29 is 4.39 Å². The molecule has 5 heteroatoms. The maximum Gasteiger partial charge on any atom is 0.124 e. The van der Waals surface area contributed by atoms with E-state index >= 15 is 0 Å². The summed E-state index contributed by atoms with van der Waals surface area (Å²) in [5, 5.41) is 8.00. The molecule has 0 aliphatic rings. The van der Waals surface area contributed by atoms with E-state index in [1.165, 1.54) is 11.8 Å². The third-order valence-electron chi connectivity index (χ3n) is 3.49. The molecule has 1 aromatic carbocycles. The number of hydrogen-bond donors (Lipinski definition) is 1. The van der Waals surface area contributed by atoms with Gasteiger partial charge in [0.05, 0.1) is 5.69 Å². The molecule has 0 fully saturated rings. The van der Waals surface area contributed by atoms with Crippen LogP contribution in [0.5, 0.6) is 0 Å². The van der Waals surface area contributed by atoms with Gasteiger partial charge in [-0.3, -0.25) is 4.68 Å². The highest BCUT2D eigenvalue weighted by atomic mass is 127. The molecule has 0 spiro atoms. The average molecular weight is 401 g/mol. The Morgan fingerprint density at radius 2 is 2.10 bits per heavy atom. The molecule has 114 valence electrons. The van der Waals surface area contributed by atoms with Gasteiger partial charge in [0, 0.05) is 28.3 Å². The zero-order chi connectivity index (χ0) is 15.4. The number of nitrogens with zero attached hydrogens (tertiary/aromatic N) is 2. The van der Waals surface area contributed by atoms with Gasteiger partial charge in [-0.2, -0.15) is 5.10 Å². The van der Waals surface area contributed by atoms with Crippen molar-refractivity contribution in [2.75, 3.05) is 6.54 Å². The second-order valence-electron chi connectivity index (χ2n) is 5.07. The summed E-state index contributed by atoms with van der Waals surface area (Å²) in [5.74, 6) is -0.187. The Labute approximate surface area is 139 Å². The van der Waals surface area contributed by atoms with Crippen molar-refractivity contribution in [1.29, 1.82) is 0 Å². The van der Waals surface area contributed by atoms with E-state index in [0.717, 1.165) is 34.3 Å². The predicted molar refractivity (Wildman–Crippen MR) is 91.9 cm³/mol. The van der Waals surface area contributed by atoms with Crippen LogP contribution in [0.15, 0.2) is 24.3 Å². The maximum atomic E-state index is 13.3. The molecule has 2 aromatic rings. The number of rotatable bonds is 6. The van der Waals surface area contributed by atoms with Crippen LogP contribution in [0, 0.1) is 16.3 Å². The minimum Gasteiger partial charge on any atom is -0.310 e. The number of likely N-dealkylation sites (N-methyl/N-ethyl adjacent to an activating group) is 1. The second-order valence-corrected chi connectivity index (χ2v) is 6.24. The highest BCUT2D eigenvalue weighted by molar-refractivity contribution is 14.1. The van der Waals surface area contributed by atoms with Crippen molar-refractivity contribution in [1.82, 2.24) is 15.1 Å². The van der Waals surface area contributed by atoms with Gasteiger partial charge in [-0.15, -0.1) is 0 Å². The molecule has 21 heavy (non-hydrogen) atoms. The lowest BCUT2D eigenvalue weighted by molar-refractivity contribution is 0.513. The van der Waals surface area contributed by atoms with Crippen LogP contribution in [0.4, 0.5) is 4.39 Å². The predicted octanol–water partition coefficient (Wildman–Crippen LogP) is 3.85. The molecule has 1 aromatic heterocycles. The Hall–Kier alpha value is -0.950. The molecule has 0 aliphatic heterocycles. The first-order chi connectivity index (χ1) is 10.0. The number of aryl methyl sites for hydroxylation is 2. The minimum absolute atomic E-state index is 0.170. The number of halogens is 2. The van der Waals surface area contributed by atoms with Crippen molar-refractivity contribution in [2.24, 2.45) is 0 Å². The zero-order valence-electron chi connectivity index (χ0n) is 12.7. The Bertz CT molecular complexity index is 610. The van der Waals surface area contributed by atoms with E-state index in [0.29, 0.717) is 0 Å². The Morgan fingerprint density at radius 3 is 2.71 bits per heavy atom. The molecule has 3 nitrogen and oxygen atoms in total. The van der Waals surface area contributed by atoms with E-state index in [-0.39, 0.29) is 11.9 Å². The highest BCUT2D eigenvalue weighted by Gasteiger charge is 2.17. The van der Waals surface area contributed by atoms with E-state index in [1.807, 2.05) is 17.7 Å². The minimum atomic E-state index is -0.187. The van der Waals surface area contributed by atoms with E-state index in [2.05, 4.69) is 52.9 Å². The van der Waals surface area contributed by atoms with Crippen LogP contribution in [-0.2, 0) is 13.0 Å². The molecule has 0 saturated heterocycles. The molecule has 0 bridgehead atoms. The average Bonchev–Trinajstić information content (AvgIpc) is 2.78. The standard InChI is InChI=1S/C16H21FIN3/c1-4-19-16(14-7-6-12(17)9-15(14)18)10-13-8-11(3)20-21(13)5-2/h6-9,16,19H,4-5,10H2,1-3H3. The van der Waals surface area contributed by atoms with E-state index in [1.54, 1.807) is 6.07 Å². The van der Waals surface area contributed by atoms with E-state index in [9.17, 15) is 4.39 Å². The van der Waals surface area contributed by atoms with Crippen LogP contribution < -0.4 is 5.32 Å². The van der Waals surface area contributed by atoms with Crippen molar-refractivity contribution in [3.63, 3.8) is 0 Å². The van der Waals surface area contributed by atoms with Crippen molar-refractivity contribution in [2.45, 2.75) is 39.8 Å². The van der Waals surface area contributed by atoms with E-state index < -0.39 is 0 Å². The number of nitrogens with one attached hydrogen (secondary N) is 1. The highest BCUT2D eigenvalue weighted by Crippen LogP contribution is 2.24. The first kappa shape index (κ1) is 16.4. The first-order valence-corrected chi connectivity index (χ1v) is 8.34. The van der Waals surface area contributed by atoms with Crippen molar-refractivity contribution in [3.05, 3.63) is 50.6 Å². The Kier molecular flexibility index (Phi) is 5.75. The number of hydrogen-bond acceptors (Lipinski definition) is 2. The lowest BCUT2D eigenvalue weighted by Gasteiger charge is -2.20. The smallest absolute Gasteiger partial charge is 0.124 e. The summed E-state index contributed by atoms with van der Waals surface area (Å²) in [7, 11) is 0. The van der Waals surface area contributed by atoms with Crippen LogP contribution in [0.3, 0.4) is 0 Å². The molecule has 1 atom stereocenters. The fraction of sp³-hybridized carbons (Fsp3) is 0.438. The van der Waals surface area contributed by atoms with Gasteiger partial charge in [-0.05, 0) is 66.7 Å². The topological polar surface area (TPSA) is 29.9 Å². The summed E-state index contributed by atoms with van der Waals surface area (Å²) in [5.41, 5.74) is 3.39. The summed E-state index contributed by atoms with van der Waals surface area (Å²) < 4.78 is 16.3. The summed E-state index contributed by atoms with van der Waals surface area (Å²) in [6.45, 7) is 7.94. The third-order valence-corrected chi connectivity index (χ3v) is 4.42. The van der Waals surface area contributed by atoms with Crippen molar-refractivity contribution in [3.8, 4) is 0 Å². The normalized spacial score (nSPS) is 12.6. The van der Waals surface area contributed by atoms with Gasteiger partial charge in [0.15, 0.2) is 0 Å². The second kappa shape index (κ2) is 7.35. The molecular formula is C16H21FIN3. The molecule has 0 radical (unpaired) electrons. The molecule has 1 N–H and O–H groups in total. The van der Waals surface area contributed by atoms with Crippen LogP contribution >= 0.6 is 22.6 Å². The lowest BCUT2D eigenvalue weighted by atomic mass is 10.0. The summed E-state index contributed by atoms with van der Waals surface area (Å²) in [4.78, 5) is 0. The van der Waals surface area contributed by atoms with E-state index in [4.69, 9.17) is 0 Å². The van der Waals surface area contributed by atoms with Crippen LogP contribution in [-0.4, -0.2) is 16.3 Å². The molecule has 0 saturated carbocycles. The van der Waals surface area contributed by atoms with Crippen LogP contribution in [0.2, 0.25) is 0 Å². The molecule has 0 amide bonds. The molecule has 0 aliphatic carbocycles. The Balaban J connectivity index is 2.30. The fourth-order valence-electron chi connectivity index (χ4n) is 2.57. The summed E-state index contributed by atoms with van der Waals surface area (Å²) >= 11 is 2.20. The first-order valence-electron chi connectivity index (χ1n) is 7.26. The SMILES string of the molecule is CCNC(Cc1cc(C)nn1CC)c1ccc(F)cc1I. The quantitative estimate of drug-likeness (QED) is 0.746. The fourth-order valence-corrected chi connectivity index (χ4v) is 3.42. The molecule has 1 heterocycles. The zero-order valence-corrected chi connectivity index (χ0v) is 14.8.